The van der Waals surface area contributed by atoms with Crippen LogP contribution >= 0.6 is 0 Å². The second-order valence-corrected chi connectivity index (χ2v) is 6.58. The molecular weight excluding hydrogens is 324 g/mol. The van der Waals surface area contributed by atoms with Gasteiger partial charge in [-0.3, -0.25) is 4.79 Å². The Kier molecular flexibility index (Phi) is 5.57. The molecule has 3 heteroatoms. The zero-order valence-electron chi connectivity index (χ0n) is 15.5. The van der Waals surface area contributed by atoms with Crippen molar-refractivity contribution in [3.05, 3.63) is 70.8 Å². The Morgan fingerprint density at radius 1 is 0.846 bits per heavy atom. The van der Waals surface area contributed by atoms with E-state index in [1.807, 2.05) is 60.7 Å². The summed E-state index contributed by atoms with van der Waals surface area (Å²) in [6.07, 6.45) is 5.80. The van der Waals surface area contributed by atoms with Crippen molar-refractivity contribution in [2.45, 2.75) is 19.8 Å². The minimum Gasteiger partial charge on any atom is -0.497 e. The van der Waals surface area contributed by atoms with E-state index in [-0.39, 0.29) is 11.7 Å². The van der Waals surface area contributed by atoms with E-state index < -0.39 is 0 Å². The Morgan fingerprint density at radius 2 is 1.35 bits per heavy atom. The van der Waals surface area contributed by atoms with Crippen LogP contribution in [0.1, 0.15) is 30.9 Å². The number of rotatable bonds is 4. The standard InChI is InChI=1S/C23H24O3/c1-16-4-9-19(14-17-5-10-20(25-2)11-6-17)23(24)22(16)15-18-7-12-21(26-3)13-8-18/h5-8,10-16H,4,9H2,1-3H3. The van der Waals surface area contributed by atoms with Crippen LogP contribution in [0.3, 0.4) is 0 Å². The highest BCUT2D eigenvalue weighted by Crippen LogP contribution is 2.32. The lowest BCUT2D eigenvalue weighted by molar-refractivity contribution is -0.113. The first-order chi connectivity index (χ1) is 12.6. The van der Waals surface area contributed by atoms with E-state index in [4.69, 9.17) is 9.47 Å². The average Bonchev–Trinajstić information content (AvgIpc) is 2.68. The van der Waals surface area contributed by atoms with Crippen molar-refractivity contribution in [2.75, 3.05) is 14.2 Å². The molecule has 26 heavy (non-hydrogen) atoms. The number of carbonyl (C=O) groups excluding carboxylic acids is 1. The Morgan fingerprint density at radius 3 is 1.85 bits per heavy atom. The highest BCUT2D eigenvalue weighted by molar-refractivity contribution is 6.14. The van der Waals surface area contributed by atoms with Gasteiger partial charge in [0.15, 0.2) is 5.78 Å². The first kappa shape index (κ1) is 18.0. The fraction of sp³-hybridized carbons (Fsp3) is 0.261. The predicted octanol–water partition coefficient (Wildman–Crippen LogP) is 5.17. The van der Waals surface area contributed by atoms with E-state index in [2.05, 4.69) is 6.92 Å². The second kappa shape index (κ2) is 8.05. The summed E-state index contributed by atoms with van der Waals surface area (Å²) in [5.41, 5.74) is 3.79. The van der Waals surface area contributed by atoms with Gasteiger partial charge in [-0.1, -0.05) is 31.2 Å². The van der Waals surface area contributed by atoms with Crippen LogP contribution in [0.4, 0.5) is 0 Å². The van der Waals surface area contributed by atoms with Crippen LogP contribution in [-0.4, -0.2) is 20.0 Å². The number of hydrogen-bond acceptors (Lipinski definition) is 3. The molecule has 1 unspecified atom stereocenters. The SMILES string of the molecule is COc1ccc(C=C2CCC(C)C(=Cc3ccc(OC)cc3)C2=O)cc1. The summed E-state index contributed by atoms with van der Waals surface area (Å²) in [7, 11) is 3.30. The number of methoxy groups -OCH3 is 2. The lowest BCUT2D eigenvalue weighted by Crippen LogP contribution is -2.19. The van der Waals surface area contributed by atoms with Crippen molar-refractivity contribution < 1.29 is 14.3 Å². The van der Waals surface area contributed by atoms with Crippen molar-refractivity contribution in [1.82, 2.24) is 0 Å². The molecule has 1 atom stereocenters. The molecule has 0 bridgehead atoms. The molecule has 2 aromatic carbocycles. The first-order valence-corrected chi connectivity index (χ1v) is 8.85. The second-order valence-electron chi connectivity index (χ2n) is 6.58. The molecule has 0 N–H and O–H groups in total. The molecule has 0 saturated heterocycles. The number of ketones is 1. The van der Waals surface area contributed by atoms with Crippen LogP contribution in [0.2, 0.25) is 0 Å². The van der Waals surface area contributed by atoms with E-state index in [1.165, 1.54) is 0 Å². The smallest absolute Gasteiger partial charge is 0.185 e. The van der Waals surface area contributed by atoms with E-state index in [1.54, 1.807) is 14.2 Å². The summed E-state index contributed by atoms with van der Waals surface area (Å²) in [6, 6.07) is 15.6. The molecule has 0 spiro atoms. The predicted molar refractivity (Wildman–Crippen MR) is 105 cm³/mol. The van der Waals surface area contributed by atoms with E-state index >= 15 is 0 Å². The normalized spacial score (nSPS) is 20.4. The van der Waals surface area contributed by atoms with Gasteiger partial charge in [0.2, 0.25) is 0 Å². The topological polar surface area (TPSA) is 35.5 Å². The molecule has 0 aromatic heterocycles. The number of carbonyl (C=O) groups is 1. The summed E-state index contributed by atoms with van der Waals surface area (Å²) >= 11 is 0. The van der Waals surface area contributed by atoms with Gasteiger partial charge < -0.3 is 9.47 Å². The van der Waals surface area contributed by atoms with E-state index in [0.29, 0.717) is 0 Å². The molecule has 3 nitrogen and oxygen atoms in total. The first-order valence-electron chi connectivity index (χ1n) is 8.85. The van der Waals surface area contributed by atoms with Crippen LogP contribution in [0, 0.1) is 5.92 Å². The van der Waals surface area contributed by atoms with E-state index in [0.717, 1.165) is 46.6 Å². The maximum atomic E-state index is 13.0. The van der Waals surface area contributed by atoms with Crippen molar-refractivity contribution in [3.8, 4) is 11.5 Å². The molecule has 2 aromatic rings. The van der Waals surface area contributed by atoms with Gasteiger partial charge in [0, 0.05) is 11.1 Å². The summed E-state index contributed by atoms with van der Waals surface area (Å²) < 4.78 is 10.4. The summed E-state index contributed by atoms with van der Waals surface area (Å²) in [5.74, 6) is 2.04. The van der Waals surface area contributed by atoms with Crippen LogP contribution in [-0.2, 0) is 4.79 Å². The Hall–Kier alpha value is -2.81. The molecule has 3 rings (SSSR count). The van der Waals surface area contributed by atoms with Gasteiger partial charge in [0.25, 0.3) is 0 Å². The van der Waals surface area contributed by atoms with Crippen LogP contribution < -0.4 is 9.47 Å². The Labute approximate surface area is 155 Å². The maximum absolute atomic E-state index is 13.0. The van der Waals surface area contributed by atoms with E-state index in [9.17, 15) is 4.79 Å². The van der Waals surface area contributed by atoms with Gasteiger partial charge in [-0.05, 0) is 66.3 Å². The summed E-state index contributed by atoms with van der Waals surface area (Å²) in [4.78, 5) is 13.0. The number of allylic oxidation sites excluding steroid dienone is 2. The van der Waals surface area contributed by atoms with Gasteiger partial charge in [-0.25, -0.2) is 0 Å². The van der Waals surface area contributed by atoms with Crippen molar-refractivity contribution in [3.63, 3.8) is 0 Å². The van der Waals surface area contributed by atoms with Crippen molar-refractivity contribution in [2.24, 2.45) is 5.92 Å². The zero-order chi connectivity index (χ0) is 18.5. The number of hydrogen-bond donors (Lipinski definition) is 0. The van der Waals surface area contributed by atoms with Crippen LogP contribution in [0.5, 0.6) is 11.5 Å². The minimum absolute atomic E-state index is 0.149. The van der Waals surface area contributed by atoms with Crippen LogP contribution in [0.15, 0.2) is 59.7 Å². The van der Waals surface area contributed by atoms with Gasteiger partial charge in [-0.15, -0.1) is 0 Å². The van der Waals surface area contributed by atoms with Gasteiger partial charge in [0.05, 0.1) is 14.2 Å². The summed E-state index contributed by atoms with van der Waals surface area (Å²) in [5, 5.41) is 0. The molecule has 0 radical (unpaired) electrons. The molecule has 1 fully saturated rings. The minimum atomic E-state index is 0.149. The third kappa shape index (κ3) is 4.05. The lowest BCUT2D eigenvalue weighted by atomic mass is 9.80. The molecule has 0 aliphatic heterocycles. The molecule has 134 valence electrons. The molecular formula is C23H24O3. The molecule has 0 heterocycles. The number of benzene rings is 2. The number of Topliss-reactive ketones (excluding diaryl/α,β-unsaturated/α-hetero) is 1. The molecule has 1 aliphatic carbocycles. The Balaban J connectivity index is 1.86. The number of ether oxygens (including phenoxy) is 2. The van der Waals surface area contributed by atoms with Gasteiger partial charge in [0.1, 0.15) is 11.5 Å². The van der Waals surface area contributed by atoms with Crippen LogP contribution in [0.25, 0.3) is 12.2 Å². The van der Waals surface area contributed by atoms with Crippen molar-refractivity contribution >= 4 is 17.9 Å². The van der Waals surface area contributed by atoms with Gasteiger partial charge >= 0.3 is 0 Å². The molecule has 0 amide bonds. The lowest BCUT2D eigenvalue weighted by Gasteiger charge is -2.23. The monoisotopic (exact) mass is 348 g/mol. The fourth-order valence-electron chi connectivity index (χ4n) is 3.18. The van der Waals surface area contributed by atoms with Crippen molar-refractivity contribution in [1.29, 1.82) is 0 Å². The largest absolute Gasteiger partial charge is 0.497 e. The maximum Gasteiger partial charge on any atom is 0.185 e. The highest BCUT2D eigenvalue weighted by atomic mass is 16.5. The third-order valence-electron chi connectivity index (χ3n) is 4.83. The fourth-order valence-corrected chi connectivity index (χ4v) is 3.18. The average molecular weight is 348 g/mol. The highest BCUT2D eigenvalue weighted by Gasteiger charge is 2.26. The quantitative estimate of drug-likeness (QED) is 0.715. The Bertz CT molecular complexity index is 827. The zero-order valence-corrected chi connectivity index (χ0v) is 15.5. The summed E-state index contributed by atoms with van der Waals surface area (Å²) in [6.45, 7) is 2.12. The molecule has 1 saturated carbocycles. The van der Waals surface area contributed by atoms with Gasteiger partial charge in [-0.2, -0.15) is 0 Å². The third-order valence-corrected chi connectivity index (χ3v) is 4.83. The molecule has 1 aliphatic rings.